The monoisotopic (exact) mass is 263 g/mol. The SMILES string of the molecule is NC1COc2cc(OCOCC(F)(F)F)ccc21. The molecule has 2 N–H and O–H groups in total. The Morgan fingerprint density at radius 3 is 2.89 bits per heavy atom. The Balaban J connectivity index is 1.84. The zero-order valence-corrected chi connectivity index (χ0v) is 9.37. The van der Waals surface area contributed by atoms with Crippen LogP contribution in [0.25, 0.3) is 0 Å². The lowest BCUT2D eigenvalue weighted by Gasteiger charge is -2.10. The van der Waals surface area contributed by atoms with E-state index in [-0.39, 0.29) is 6.04 Å². The van der Waals surface area contributed by atoms with E-state index >= 15 is 0 Å². The number of halogens is 3. The van der Waals surface area contributed by atoms with Crippen molar-refractivity contribution in [2.24, 2.45) is 5.73 Å². The third kappa shape index (κ3) is 3.27. The second-order valence-electron chi connectivity index (χ2n) is 3.84. The molecule has 1 aliphatic heterocycles. The number of hydrogen-bond donors (Lipinski definition) is 1. The number of nitrogens with two attached hydrogens (primary N) is 1. The molecule has 0 radical (unpaired) electrons. The number of benzene rings is 1. The summed E-state index contributed by atoms with van der Waals surface area (Å²) in [7, 11) is 0. The van der Waals surface area contributed by atoms with E-state index < -0.39 is 19.6 Å². The van der Waals surface area contributed by atoms with Gasteiger partial charge in [0, 0.05) is 11.6 Å². The Hall–Kier alpha value is -1.47. The molecule has 1 aromatic rings. The molecular weight excluding hydrogens is 251 g/mol. The highest BCUT2D eigenvalue weighted by atomic mass is 19.4. The number of hydrogen-bond acceptors (Lipinski definition) is 4. The summed E-state index contributed by atoms with van der Waals surface area (Å²) in [4.78, 5) is 0. The largest absolute Gasteiger partial charge is 0.491 e. The van der Waals surface area contributed by atoms with Gasteiger partial charge in [0.15, 0.2) is 6.79 Å². The molecule has 2 rings (SSSR count). The molecule has 18 heavy (non-hydrogen) atoms. The normalized spacial score (nSPS) is 18.3. The highest BCUT2D eigenvalue weighted by Gasteiger charge is 2.27. The predicted molar refractivity (Wildman–Crippen MR) is 56.4 cm³/mol. The van der Waals surface area contributed by atoms with Crippen LogP contribution in [0.4, 0.5) is 13.2 Å². The Labute approximate surface area is 101 Å². The van der Waals surface area contributed by atoms with Crippen molar-refractivity contribution < 1.29 is 27.4 Å². The lowest BCUT2D eigenvalue weighted by molar-refractivity contribution is -0.186. The van der Waals surface area contributed by atoms with Gasteiger partial charge in [-0.3, -0.25) is 0 Å². The maximum Gasteiger partial charge on any atom is 0.411 e. The highest BCUT2D eigenvalue weighted by molar-refractivity contribution is 5.44. The first-order chi connectivity index (χ1) is 8.46. The molecule has 7 heteroatoms. The fourth-order valence-corrected chi connectivity index (χ4v) is 1.57. The molecule has 0 aliphatic carbocycles. The molecule has 0 bridgehead atoms. The van der Waals surface area contributed by atoms with Crippen molar-refractivity contribution in [2.75, 3.05) is 20.0 Å². The van der Waals surface area contributed by atoms with Crippen LogP contribution in [-0.4, -0.2) is 26.2 Å². The predicted octanol–water partition coefficient (Wildman–Crippen LogP) is 1.99. The summed E-state index contributed by atoms with van der Waals surface area (Å²) in [5.74, 6) is 0.973. The van der Waals surface area contributed by atoms with Crippen LogP contribution >= 0.6 is 0 Å². The van der Waals surface area contributed by atoms with Crippen molar-refractivity contribution in [3.63, 3.8) is 0 Å². The van der Waals surface area contributed by atoms with Crippen molar-refractivity contribution in [3.05, 3.63) is 23.8 Å². The van der Waals surface area contributed by atoms with Gasteiger partial charge in [-0.15, -0.1) is 0 Å². The molecule has 0 fully saturated rings. The third-order valence-corrected chi connectivity index (χ3v) is 2.38. The average Bonchev–Trinajstić information content (AvgIpc) is 2.65. The molecule has 1 aliphatic rings. The van der Waals surface area contributed by atoms with Crippen molar-refractivity contribution in [2.45, 2.75) is 12.2 Å². The van der Waals surface area contributed by atoms with Crippen LogP contribution in [0.15, 0.2) is 18.2 Å². The van der Waals surface area contributed by atoms with Gasteiger partial charge in [0.2, 0.25) is 0 Å². The van der Waals surface area contributed by atoms with Gasteiger partial charge in [0.05, 0.1) is 6.04 Å². The van der Waals surface area contributed by atoms with Crippen LogP contribution in [-0.2, 0) is 4.74 Å². The lowest BCUT2D eigenvalue weighted by atomic mass is 10.1. The van der Waals surface area contributed by atoms with E-state index in [1.807, 2.05) is 0 Å². The van der Waals surface area contributed by atoms with E-state index in [1.54, 1.807) is 18.2 Å². The van der Waals surface area contributed by atoms with Gasteiger partial charge in [0.25, 0.3) is 0 Å². The van der Waals surface area contributed by atoms with Gasteiger partial charge in [-0.05, 0) is 12.1 Å². The second kappa shape index (κ2) is 5.03. The van der Waals surface area contributed by atoms with Gasteiger partial charge in [0.1, 0.15) is 24.7 Å². The zero-order valence-electron chi connectivity index (χ0n) is 9.37. The van der Waals surface area contributed by atoms with Gasteiger partial charge >= 0.3 is 6.18 Å². The molecule has 1 aromatic carbocycles. The maximum absolute atomic E-state index is 11.8. The van der Waals surface area contributed by atoms with E-state index in [2.05, 4.69) is 4.74 Å². The van der Waals surface area contributed by atoms with Crippen molar-refractivity contribution >= 4 is 0 Å². The minimum absolute atomic E-state index is 0.171. The van der Waals surface area contributed by atoms with Crippen molar-refractivity contribution in [1.82, 2.24) is 0 Å². The van der Waals surface area contributed by atoms with Crippen LogP contribution in [0, 0.1) is 0 Å². The summed E-state index contributed by atoms with van der Waals surface area (Å²) in [6.45, 7) is -1.41. The fraction of sp³-hybridized carbons (Fsp3) is 0.455. The standard InChI is InChI=1S/C11H12F3NO3/c12-11(13,14)5-16-6-18-7-1-2-8-9(15)4-17-10(8)3-7/h1-3,9H,4-6,15H2. The summed E-state index contributed by atoms with van der Waals surface area (Å²) in [5, 5.41) is 0. The Kier molecular flexibility index (Phi) is 3.63. The van der Waals surface area contributed by atoms with E-state index in [0.29, 0.717) is 18.1 Å². The second-order valence-corrected chi connectivity index (χ2v) is 3.84. The first-order valence-corrected chi connectivity index (χ1v) is 5.25. The molecule has 0 amide bonds. The number of alkyl halides is 3. The average molecular weight is 263 g/mol. The van der Waals surface area contributed by atoms with E-state index in [0.717, 1.165) is 5.56 Å². The topological polar surface area (TPSA) is 53.7 Å². The summed E-state index contributed by atoms with van der Waals surface area (Å²) in [6.07, 6.45) is -4.35. The first-order valence-electron chi connectivity index (χ1n) is 5.25. The third-order valence-electron chi connectivity index (χ3n) is 2.38. The number of ether oxygens (including phenoxy) is 3. The molecule has 1 heterocycles. The molecule has 0 saturated carbocycles. The smallest absolute Gasteiger partial charge is 0.411 e. The number of rotatable bonds is 4. The van der Waals surface area contributed by atoms with Crippen molar-refractivity contribution in [1.29, 1.82) is 0 Å². The van der Waals surface area contributed by atoms with Gasteiger partial charge in [-0.25, -0.2) is 0 Å². The molecule has 0 aromatic heterocycles. The quantitative estimate of drug-likeness (QED) is 0.666. The summed E-state index contributed by atoms with van der Waals surface area (Å²) >= 11 is 0. The van der Waals surface area contributed by atoms with Gasteiger partial charge in [-0.2, -0.15) is 13.2 Å². The Morgan fingerprint density at radius 1 is 1.39 bits per heavy atom. The molecule has 1 atom stereocenters. The Bertz CT molecular complexity index is 422. The van der Waals surface area contributed by atoms with Gasteiger partial charge in [-0.1, -0.05) is 0 Å². The van der Waals surface area contributed by atoms with Crippen LogP contribution in [0.2, 0.25) is 0 Å². The molecular formula is C11H12F3NO3. The fourth-order valence-electron chi connectivity index (χ4n) is 1.57. The van der Waals surface area contributed by atoms with E-state index in [1.165, 1.54) is 0 Å². The molecule has 4 nitrogen and oxygen atoms in total. The van der Waals surface area contributed by atoms with Crippen LogP contribution < -0.4 is 15.2 Å². The van der Waals surface area contributed by atoms with Crippen molar-refractivity contribution in [3.8, 4) is 11.5 Å². The van der Waals surface area contributed by atoms with Crippen LogP contribution in [0.3, 0.4) is 0 Å². The maximum atomic E-state index is 11.8. The first kappa shape index (κ1) is 13.0. The van der Waals surface area contributed by atoms with Gasteiger partial charge < -0.3 is 19.9 Å². The minimum Gasteiger partial charge on any atom is -0.491 e. The summed E-state index contributed by atoms with van der Waals surface area (Å²) in [5.41, 5.74) is 6.61. The highest BCUT2D eigenvalue weighted by Crippen LogP contribution is 2.33. The summed E-state index contributed by atoms with van der Waals surface area (Å²) < 4.78 is 50.0. The molecule has 1 unspecified atom stereocenters. The van der Waals surface area contributed by atoms with Crippen LogP contribution in [0.5, 0.6) is 11.5 Å². The minimum atomic E-state index is -4.35. The Morgan fingerprint density at radius 2 is 2.17 bits per heavy atom. The summed E-state index contributed by atoms with van der Waals surface area (Å²) in [6, 6.07) is 4.76. The lowest BCUT2D eigenvalue weighted by Crippen LogP contribution is -2.19. The molecule has 0 saturated heterocycles. The van der Waals surface area contributed by atoms with E-state index in [9.17, 15) is 13.2 Å². The zero-order chi connectivity index (χ0) is 13.2. The van der Waals surface area contributed by atoms with Crippen LogP contribution in [0.1, 0.15) is 11.6 Å². The molecule has 100 valence electrons. The number of fused-ring (bicyclic) bond motifs is 1. The molecule has 0 spiro atoms. The van der Waals surface area contributed by atoms with E-state index in [4.69, 9.17) is 15.2 Å².